The first-order valence-corrected chi connectivity index (χ1v) is 14.1. The van der Waals surface area contributed by atoms with E-state index in [9.17, 15) is 9.90 Å². The summed E-state index contributed by atoms with van der Waals surface area (Å²) in [6.45, 7) is 7.06. The number of nitrogens with zero attached hydrogens (tertiary/aromatic N) is 4. The molecule has 9 nitrogen and oxygen atoms in total. The Labute approximate surface area is 243 Å². The Morgan fingerprint density at radius 1 is 1.07 bits per heavy atom. The van der Waals surface area contributed by atoms with E-state index in [2.05, 4.69) is 21.8 Å². The number of anilines is 1. The highest BCUT2D eigenvalue weighted by molar-refractivity contribution is 6.31. The number of piperazine rings is 1. The average Bonchev–Trinajstić information content (AvgIpc) is 3.57. The molecule has 0 aliphatic carbocycles. The van der Waals surface area contributed by atoms with Crippen molar-refractivity contribution in [3.63, 3.8) is 0 Å². The Morgan fingerprint density at radius 3 is 2.61 bits per heavy atom. The van der Waals surface area contributed by atoms with Crippen LogP contribution in [0.4, 0.5) is 11.4 Å². The van der Waals surface area contributed by atoms with E-state index in [0.717, 1.165) is 48.4 Å². The van der Waals surface area contributed by atoms with E-state index < -0.39 is 0 Å². The first-order chi connectivity index (χ1) is 19.9. The Bertz CT molecular complexity index is 1610. The standard InChI is InChI=1S/C31H32ClN5O4/c1-3-37(28(38)18-36-14-12-35(2)13-15-36)24-9-7-23(8-10-24)33-30(20-4-5-21-19-40-41-27(21)16-20)29-25-11-6-22(32)17-26(25)34-31(29)39/h4-11,16-17,34,39H,3,12-15,18-19H2,1-2H3. The second-order valence-electron chi connectivity index (χ2n) is 10.4. The second kappa shape index (κ2) is 11.5. The van der Waals surface area contributed by atoms with Gasteiger partial charge in [0.25, 0.3) is 0 Å². The van der Waals surface area contributed by atoms with Gasteiger partial charge in [0, 0.05) is 59.9 Å². The molecule has 10 heteroatoms. The predicted molar refractivity (Wildman–Crippen MR) is 161 cm³/mol. The number of hydrogen-bond acceptors (Lipinski definition) is 7. The number of halogens is 1. The molecular formula is C31H32ClN5O4. The van der Waals surface area contributed by atoms with E-state index in [4.69, 9.17) is 26.4 Å². The number of carbonyl (C=O) groups is 1. The molecule has 0 spiro atoms. The molecule has 1 amide bonds. The van der Waals surface area contributed by atoms with Gasteiger partial charge in [0.2, 0.25) is 5.91 Å². The number of amides is 1. The third-order valence-electron chi connectivity index (χ3n) is 7.66. The quantitative estimate of drug-likeness (QED) is 0.235. The van der Waals surface area contributed by atoms with E-state index in [1.54, 1.807) is 17.0 Å². The fourth-order valence-electron chi connectivity index (χ4n) is 5.34. The molecule has 1 fully saturated rings. The molecule has 0 saturated carbocycles. The maximum Gasteiger partial charge on any atom is 0.241 e. The number of aliphatic imine (C=N–C) groups is 1. The molecule has 0 radical (unpaired) electrons. The zero-order valence-corrected chi connectivity index (χ0v) is 23.8. The average molecular weight is 574 g/mol. The topological polar surface area (TPSA) is 93.6 Å². The summed E-state index contributed by atoms with van der Waals surface area (Å²) in [5.41, 5.74) is 4.99. The summed E-state index contributed by atoms with van der Waals surface area (Å²) in [4.78, 5) is 38.0. The largest absolute Gasteiger partial charge is 0.494 e. The summed E-state index contributed by atoms with van der Waals surface area (Å²) in [6.07, 6.45) is 0. The van der Waals surface area contributed by atoms with Crippen molar-refractivity contribution in [1.82, 2.24) is 14.8 Å². The van der Waals surface area contributed by atoms with Crippen LogP contribution >= 0.6 is 11.6 Å². The van der Waals surface area contributed by atoms with E-state index >= 15 is 0 Å². The summed E-state index contributed by atoms with van der Waals surface area (Å²) in [5.74, 6) is 0.684. The van der Waals surface area contributed by atoms with Crippen LogP contribution < -0.4 is 9.79 Å². The van der Waals surface area contributed by atoms with Crippen molar-refractivity contribution >= 4 is 45.5 Å². The minimum absolute atomic E-state index is 0.0121. The summed E-state index contributed by atoms with van der Waals surface area (Å²) in [6, 6.07) is 18.7. The highest BCUT2D eigenvalue weighted by Gasteiger charge is 2.23. The predicted octanol–water partition coefficient (Wildman–Crippen LogP) is 5.12. The first kappa shape index (κ1) is 27.3. The smallest absolute Gasteiger partial charge is 0.241 e. The van der Waals surface area contributed by atoms with Crippen molar-refractivity contribution in [2.24, 2.45) is 4.99 Å². The monoisotopic (exact) mass is 573 g/mol. The SMILES string of the molecule is CCN(C(=O)CN1CCN(C)CC1)c1ccc(N=C(c2ccc3c(c2)OOC3)c2c(O)[nH]c3cc(Cl)ccc23)cc1. The number of aromatic hydroxyl groups is 1. The van der Waals surface area contributed by atoms with Gasteiger partial charge in [0.1, 0.15) is 6.61 Å². The zero-order valence-electron chi connectivity index (χ0n) is 23.1. The molecule has 0 unspecified atom stereocenters. The number of fused-ring (bicyclic) bond motifs is 2. The Balaban J connectivity index is 1.33. The van der Waals surface area contributed by atoms with Gasteiger partial charge in [-0.05, 0) is 56.4 Å². The molecule has 212 valence electrons. The number of aromatic amines is 1. The fraction of sp³-hybridized carbons (Fsp3) is 0.290. The Morgan fingerprint density at radius 2 is 1.85 bits per heavy atom. The van der Waals surface area contributed by atoms with Crippen molar-refractivity contribution in [3.8, 4) is 11.6 Å². The van der Waals surface area contributed by atoms with Gasteiger partial charge >= 0.3 is 0 Å². The molecule has 0 bridgehead atoms. The molecule has 41 heavy (non-hydrogen) atoms. The summed E-state index contributed by atoms with van der Waals surface area (Å²) in [5, 5.41) is 12.3. The molecule has 2 aliphatic rings. The summed E-state index contributed by atoms with van der Waals surface area (Å²) < 4.78 is 0. The fourth-order valence-corrected chi connectivity index (χ4v) is 5.51. The highest BCUT2D eigenvalue weighted by atomic mass is 35.5. The van der Waals surface area contributed by atoms with Crippen LogP contribution in [0.2, 0.25) is 5.02 Å². The maximum absolute atomic E-state index is 13.2. The molecule has 0 atom stereocenters. The molecule has 4 aromatic rings. The van der Waals surface area contributed by atoms with Crippen molar-refractivity contribution in [1.29, 1.82) is 0 Å². The Kier molecular flexibility index (Phi) is 7.68. The third-order valence-corrected chi connectivity index (χ3v) is 7.89. The van der Waals surface area contributed by atoms with Crippen molar-refractivity contribution in [2.75, 3.05) is 51.2 Å². The normalized spacial score (nSPS) is 16.1. The number of aromatic nitrogens is 1. The van der Waals surface area contributed by atoms with E-state index in [1.165, 1.54) is 0 Å². The lowest BCUT2D eigenvalue weighted by molar-refractivity contribution is -0.194. The van der Waals surface area contributed by atoms with Gasteiger partial charge in [-0.1, -0.05) is 29.8 Å². The molecule has 6 rings (SSSR count). The number of nitrogens with one attached hydrogen (secondary N) is 1. The lowest BCUT2D eigenvalue weighted by atomic mass is 9.99. The van der Waals surface area contributed by atoms with E-state index in [-0.39, 0.29) is 11.8 Å². The molecule has 1 aromatic heterocycles. The van der Waals surface area contributed by atoms with Crippen molar-refractivity contribution < 1.29 is 19.7 Å². The molecule has 1 saturated heterocycles. The van der Waals surface area contributed by atoms with Crippen LogP contribution in [0.15, 0.2) is 65.7 Å². The number of likely N-dealkylation sites (N-methyl/N-ethyl adjacent to an activating group) is 2. The van der Waals surface area contributed by atoms with Crippen LogP contribution in [0.5, 0.6) is 11.6 Å². The van der Waals surface area contributed by atoms with Gasteiger partial charge in [-0.25, -0.2) is 4.99 Å². The van der Waals surface area contributed by atoms with Gasteiger partial charge in [-0.15, -0.1) is 0 Å². The minimum atomic E-state index is -0.0121. The zero-order chi connectivity index (χ0) is 28.5. The van der Waals surface area contributed by atoms with Crippen LogP contribution in [-0.4, -0.2) is 77.8 Å². The second-order valence-corrected chi connectivity index (χ2v) is 10.8. The lowest BCUT2D eigenvalue weighted by Gasteiger charge is -2.33. The van der Waals surface area contributed by atoms with Crippen LogP contribution in [0.3, 0.4) is 0 Å². The molecule has 2 N–H and O–H groups in total. The van der Waals surface area contributed by atoms with Crippen molar-refractivity contribution in [3.05, 3.63) is 82.4 Å². The molecule has 3 heterocycles. The highest BCUT2D eigenvalue weighted by Crippen LogP contribution is 2.35. The summed E-state index contributed by atoms with van der Waals surface area (Å²) in [7, 11) is 2.11. The van der Waals surface area contributed by atoms with Gasteiger partial charge in [0.05, 0.1) is 29.0 Å². The van der Waals surface area contributed by atoms with Crippen LogP contribution in [-0.2, 0) is 16.3 Å². The number of hydrogen-bond donors (Lipinski definition) is 2. The van der Waals surface area contributed by atoms with E-state index in [0.29, 0.717) is 52.9 Å². The van der Waals surface area contributed by atoms with Gasteiger partial charge in [-0.3, -0.25) is 9.69 Å². The number of benzene rings is 3. The molecule has 2 aliphatic heterocycles. The van der Waals surface area contributed by atoms with Crippen LogP contribution in [0, 0.1) is 0 Å². The summed E-state index contributed by atoms with van der Waals surface area (Å²) >= 11 is 6.21. The van der Waals surface area contributed by atoms with Crippen LogP contribution in [0.1, 0.15) is 23.6 Å². The van der Waals surface area contributed by atoms with E-state index in [1.807, 2.05) is 55.5 Å². The maximum atomic E-state index is 13.2. The lowest BCUT2D eigenvalue weighted by Crippen LogP contribution is -2.49. The number of carbonyl (C=O) groups excluding carboxylic acids is 1. The van der Waals surface area contributed by atoms with Gasteiger partial charge < -0.3 is 24.8 Å². The first-order valence-electron chi connectivity index (χ1n) is 13.7. The number of rotatable bonds is 7. The Hall–Kier alpha value is -3.89. The molecular weight excluding hydrogens is 542 g/mol. The number of H-pyrrole nitrogens is 1. The molecule has 3 aromatic carbocycles. The van der Waals surface area contributed by atoms with Gasteiger partial charge in [-0.2, -0.15) is 4.89 Å². The van der Waals surface area contributed by atoms with Crippen LogP contribution in [0.25, 0.3) is 10.9 Å². The third kappa shape index (κ3) is 5.67. The van der Waals surface area contributed by atoms with Gasteiger partial charge in [0.15, 0.2) is 11.6 Å². The van der Waals surface area contributed by atoms with Crippen molar-refractivity contribution in [2.45, 2.75) is 13.5 Å². The minimum Gasteiger partial charge on any atom is -0.494 e.